The van der Waals surface area contributed by atoms with Crippen LogP contribution in [0.25, 0.3) is 0 Å². The van der Waals surface area contributed by atoms with Crippen LogP contribution in [-0.2, 0) is 10.0 Å². The fraction of sp³-hybridized carbons (Fsp3) is 0.600. The van der Waals surface area contributed by atoms with E-state index >= 15 is 0 Å². The van der Waals surface area contributed by atoms with Crippen LogP contribution in [0.5, 0.6) is 0 Å². The first-order valence-electron chi connectivity index (χ1n) is 5.24. The molecule has 1 aliphatic heterocycles. The number of thiophene rings is 1. The molecule has 0 unspecified atom stereocenters. The molecule has 2 heterocycles. The Morgan fingerprint density at radius 3 is 2.62 bits per heavy atom. The molecule has 0 atom stereocenters. The van der Waals surface area contributed by atoms with Gasteiger partial charge in [0.1, 0.15) is 4.21 Å². The topological polar surface area (TPSA) is 37.4 Å². The van der Waals surface area contributed by atoms with Gasteiger partial charge in [0.25, 0.3) is 10.0 Å². The maximum atomic E-state index is 12.1. The van der Waals surface area contributed by atoms with Crippen molar-refractivity contribution < 1.29 is 8.42 Å². The predicted molar refractivity (Wildman–Crippen MR) is 66.5 cm³/mol. The van der Waals surface area contributed by atoms with Crippen LogP contribution < -0.4 is 0 Å². The lowest BCUT2D eigenvalue weighted by molar-refractivity contribution is 0.290. The van der Waals surface area contributed by atoms with Crippen LogP contribution in [0.1, 0.15) is 12.8 Å². The molecule has 0 N–H and O–H groups in total. The van der Waals surface area contributed by atoms with Gasteiger partial charge in [0.15, 0.2) is 0 Å². The van der Waals surface area contributed by atoms with E-state index in [0.29, 0.717) is 29.1 Å². The highest BCUT2D eigenvalue weighted by Crippen LogP contribution is 2.26. The molecule has 16 heavy (non-hydrogen) atoms. The minimum Gasteiger partial charge on any atom is -0.206 e. The summed E-state index contributed by atoms with van der Waals surface area (Å²) < 4.78 is 26.3. The van der Waals surface area contributed by atoms with Gasteiger partial charge in [-0.2, -0.15) is 4.31 Å². The van der Waals surface area contributed by atoms with Crippen molar-refractivity contribution in [3.8, 4) is 0 Å². The van der Waals surface area contributed by atoms with Gasteiger partial charge in [-0.25, -0.2) is 8.42 Å². The molecule has 2 rings (SSSR count). The standard InChI is InChI=1S/C10H14ClNO2S2/c11-8-9-3-5-12(6-4-9)16(13,14)10-2-1-7-15-10/h1-2,7,9H,3-6,8H2. The minimum absolute atomic E-state index is 0.442. The molecule has 1 aromatic rings. The first-order chi connectivity index (χ1) is 7.64. The Labute approximate surface area is 105 Å². The molecule has 6 heteroatoms. The molecule has 0 spiro atoms. The third kappa shape index (κ3) is 2.42. The lowest BCUT2D eigenvalue weighted by atomic mass is 10.0. The van der Waals surface area contributed by atoms with Crippen LogP contribution >= 0.6 is 22.9 Å². The summed E-state index contributed by atoms with van der Waals surface area (Å²) >= 11 is 7.05. The van der Waals surface area contributed by atoms with Gasteiger partial charge in [-0.15, -0.1) is 22.9 Å². The van der Waals surface area contributed by atoms with Crippen molar-refractivity contribution in [3.63, 3.8) is 0 Å². The first-order valence-corrected chi connectivity index (χ1v) is 8.09. The number of rotatable bonds is 3. The van der Waals surface area contributed by atoms with E-state index in [1.807, 2.05) is 0 Å². The molecular formula is C10H14ClNO2S2. The third-order valence-corrected chi connectivity index (χ3v) is 6.59. The van der Waals surface area contributed by atoms with Crippen LogP contribution in [0, 0.1) is 5.92 Å². The molecule has 1 fully saturated rings. The monoisotopic (exact) mass is 279 g/mol. The van der Waals surface area contributed by atoms with Crippen molar-refractivity contribution in [3.05, 3.63) is 17.5 Å². The van der Waals surface area contributed by atoms with Crippen molar-refractivity contribution in [1.29, 1.82) is 0 Å². The number of alkyl halides is 1. The number of hydrogen-bond donors (Lipinski definition) is 0. The maximum absolute atomic E-state index is 12.1. The summed E-state index contributed by atoms with van der Waals surface area (Å²) in [4.78, 5) is 0. The highest BCUT2D eigenvalue weighted by Gasteiger charge is 2.29. The van der Waals surface area contributed by atoms with Gasteiger partial charge in [-0.1, -0.05) is 6.07 Å². The summed E-state index contributed by atoms with van der Waals surface area (Å²) in [5.41, 5.74) is 0. The van der Waals surface area contributed by atoms with Crippen LogP contribution in [0.15, 0.2) is 21.7 Å². The zero-order valence-corrected chi connectivity index (χ0v) is 11.2. The molecule has 3 nitrogen and oxygen atoms in total. The van der Waals surface area contributed by atoms with Gasteiger partial charge < -0.3 is 0 Å². The predicted octanol–water partition coefficient (Wildman–Crippen LogP) is 2.39. The van der Waals surface area contributed by atoms with Crippen molar-refractivity contribution in [1.82, 2.24) is 4.31 Å². The highest BCUT2D eigenvalue weighted by atomic mass is 35.5. The quantitative estimate of drug-likeness (QED) is 0.797. The van der Waals surface area contributed by atoms with Crippen LogP contribution in [-0.4, -0.2) is 31.7 Å². The van der Waals surface area contributed by atoms with E-state index in [-0.39, 0.29) is 0 Å². The molecular weight excluding hydrogens is 266 g/mol. The molecule has 0 bridgehead atoms. The summed E-state index contributed by atoms with van der Waals surface area (Å²) in [7, 11) is -3.24. The number of nitrogens with zero attached hydrogens (tertiary/aromatic N) is 1. The normalized spacial score (nSPS) is 20.1. The van der Waals surface area contributed by atoms with Gasteiger partial charge in [0.2, 0.25) is 0 Å². The Balaban J connectivity index is 2.09. The average molecular weight is 280 g/mol. The largest absolute Gasteiger partial charge is 0.252 e. The molecule has 1 aromatic heterocycles. The van der Waals surface area contributed by atoms with Gasteiger partial charge in [0.05, 0.1) is 0 Å². The van der Waals surface area contributed by atoms with E-state index in [9.17, 15) is 8.42 Å². The molecule has 0 radical (unpaired) electrons. The zero-order chi connectivity index (χ0) is 11.6. The summed E-state index contributed by atoms with van der Waals surface area (Å²) in [6.07, 6.45) is 1.74. The highest BCUT2D eigenvalue weighted by molar-refractivity contribution is 7.91. The number of sulfonamides is 1. The molecule has 0 aliphatic carbocycles. The summed E-state index contributed by atoms with van der Waals surface area (Å²) in [5, 5.41) is 1.79. The van der Waals surface area contributed by atoms with E-state index in [1.54, 1.807) is 21.8 Å². The van der Waals surface area contributed by atoms with E-state index in [4.69, 9.17) is 11.6 Å². The van der Waals surface area contributed by atoms with Gasteiger partial charge >= 0.3 is 0 Å². The summed E-state index contributed by atoms with van der Waals surface area (Å²) in [6, 6.07) is 3.43. The first kappa shape index (κ1) is 12.4. The third-order valence-electron chi connectivity index (χ3n) is 2.88. The minimum atomic E-state index is -3.24. The Kier molecular flexibility index (Phi) is 3.89. The number of halogens is 1. The van der Waals surface area contributed by atoms with E-state index in [1.165, 1.54) is 11.3 Å². The van der Waals surface area contributed by atoms with Gasteiger partial charge in [-0.05, 0) is 30.2 Å². The van der Waals surface area contributed by atoms with E-state index in [0.717, 1.165) is 12.8 Å². The van der Waals surface area contributed by atoms with Gasteiger partial charge in [-0.3, -0.25) is 0 Å². The second-order valence-corrected chi connectivity index (χ2v) is 7.35. The smallest absolute Gasteiger partial charge is 0.206 e. The molecule has 1 aliphatic rings. The molecule has 0 amide bonds. The van der Waals surface area contributed by atoms with Crippen molar-refractivity contribution in [2.45, 2.75) is 17.1 Å². The van der Waals surface area contributed by atoms with E-state index < -0.39 is 10.0 Å². The molecule has 1 saturated heterocycles. The Morgan fingerprint density at radius 1 is 1.44 bits per heavy atom. The lowest BCUT2D eigenvalue weighted by Crippen LogP contribution is -2.38. The average Bonchev–Trinajstić information content (AvgIpc) is 2.83. The molecule has 0 aromatic carbocycles. The summed E-state index contributed by atoms with van der Waals surface area (Å²) in [5.74, 6) is 1.10. The lowest BCUT2D eigenvalue weighted by Gasteiger charge is -2.29. The van der Waals surface area contributed by atoms with Crippen molar-refractivity contribution in [2.75, 3.05) is 19.0 Å². The van der Waals surface area contributed by atoms with Crippen LogP contribution in [0.4, 0.5) is 0 Å². The second-order valence-electron chi connectivity index (χ2n) is 3.93. The maximum Gasteiger partial charge on any atom is 0.252 e. The SMILES string of the molecule is O=S(=O)(c1cccs1)N1CCC(CCl)CC1. The Hall–Kier alpha value is -0.100. The van der Waals surface area contributed by atoms with Gasteiger partial charge in [0, 0.05) is 19.0 Å². The molecule has 0 saturated carbocycles. The fourth-order valence-electron chi connectivity index (χ4n) is 1.84. The zero-order valence-electron chi connectivity index (χ0n) is 8.80. The number of hydrogen-bond acceptors (Lipinski definition) is 3. The second kappa shape index (κ2) is 5.04. The van der Waals surface area contributed by atoms with Crippen LogP contribution in [0.3, 0.4) is 0 Å². The Morgan fingerprint density at radius 2 is 2.12 bits per heavy atom. The number of piperidine rings is 1. The Bertz CT molecular complexity index is 422. The van der Waals surface area contributed by atoms with Crippen molar-refractivity contribution >= 4 is 33.0 Å². The van der Waals surface area contributed by atoms with Crippen molar-refractivity contribution in [2.24, 2.45) is 5.92 Å². The molecule has 90 valence electrons. The fourth-order valence-corrected chi connectivity index (χ4v) is 4.76. The van der Waals surface area contributed by atoms with E-state index in [2.05, 4.69) is 0 Å². The summed E-state index contributed by atoms with van der Waals surface area (Å²) in [6.45, 7) is 1.19. The van der Waals surface area contributed by atoms with Crippen LogP contribution in [0.2, 0.25) is 0 Å².